The summed E-state index contributed by atoms with van der Waals surface area (Å²) in [5.74, 6) is 0.0606. The number of benzene rings is 1. The predicted octanol–water partition coefficient (Wildman–Crippen LogP) is 3.66. The van der Waals surface area contributed by atoms with Crippen LogP contribution in [0.25, 0.3) is 17.0 Å². The smallest absolute Gasteiger partial charge is 0.273 e. The number of nitrogens with one attached hydrogen (secondary N) is 2. The number of thioether (sulfide) groups is 1. The largest absolute Gasteiger partial charge is 0.464 e. The monoisotopic (exact) mass is 485 g/mol. The number of nitrogens with two attached hydrogens (primary N) is 1. The molecule has 0 bridgehead atoms. The summed E-state index contributed by atoms with van der Waals surface area (Å²) in [5, 5.41) is 24.6. The summed E-state index contributed by atoms with van der Waals surface area (Å²) in [5.41, 5.74) is 6.65. The van der Waals surface area contributed by atoms with Crippen molar-refractivity contribution in [1.29, 1.82) is 10.5 Å². The molecule has 4 rings (SSSR count). The lowest BCUT2D eigenvalue weighted by Gasteiger charge is -2.16. The number of nitrogens with zero attached hydrogens (tertiary/aromatic N) is 4. The average Bonchev–Trinajstić information content (AvgIpc) is 3.52. The molecule has 0 saturated carbocycles. The van der Waals surface area contributed by atoms with E-state index in [0.29, 0.717) is 17.9 Å². The molecule has 0 fully saturated rings. The molecule has 1 aromatic carbocycles. The number of rotatable bonds is 7. The third-order valence-electron chi connectivity index (χ3n) is 5.09. The molecular weight excluding hydrogens is 466 g/mol. The SMILES string of the molecule is CCC(Sc1nc(N)c(C#N)c(-c2ccco2)c1C#N)C(=O)Nc1cc(=O)n(-c2ccccc2)[nH]1. The quantitative estimate of drug-likeness (QED) is 0.333. The number of aromatic amines is 1. The van der Waals surface area contributed by atoms with Gasteiger partial charge in [0.1, 0.15) is 40.1 Å². The van der Waals surface area contributed by atoms with Crippen LogP contribution in [0.4, 0.5) is 11.6 Å². The Kier molecular flexibility index (Phi) is 6.71. The molecule has 4 aromatic rings. The zero-order valence-corrected chi connectivity index (χ0v) is 19.3. The first-order valence-corrected chi connectivity index (χ1v) is 11.4. The van der Waals surface area contributed by atoms with Gasteiger partial charge in [0.25, 0.3) is 5.56 Å². The fourth-order valence-corrected chi connectivity index (χ4v) is 4.47. The maximum Gasteiger partial charge on any atom is 0.273 e. The van der Waals surface area contributed by atoms with E-state index in [4.69, 9.17) is 10.2 Å². The van der Waals surface area contributed by atoms with Crippen molar-refractivity contribution in [2.24, 2.45) is 0 Å². The van der Waals surface area contributed by atoms with E-state index in [1.807, 2.05) is 19.1 Å². The van der Waals surface area contributed by atoms with Gasteiger partial charge in [0.05, 0.1) is 28.3 Å². The standard InChI is InChI=1S/C24H19N7O3S/c1-2-18(23(33)28-19-11-20(32)31(30-19)14-7-4-3-5-8-14)35-24-16(13-26)21(17-9-6-10-34-17)15(12-25)22(27)29-24/h3-11,18,30H,2H2,1H3,(H2,27,29)(H,28,33). The van der Waals surface area contributed by atoms with Crippen molar-refractivity contribution < 1.29 is 9.21 Å². The van der Waals surface area contributed by atoms with Crippen LogP contribution < -0.4 is 16.6 Å². The molecule has 1 atom stereocenters. The van der Waals surface area contributed by atoms with Gasteiger partial charge in [-0.25, -0.2) is 9.67 Å². The highest BCUT2D eigenvalue weighted by atomic mass is 32.2. The molecule has 4 N–H and O–H groups in total. The van der Waals surface area contributed by atoms with Gasteiger partial charge in [-0.05, 0) is 30.7 Å². The summed E-state index contributed by atoms with van der Waals surface area (Å²) in [7, 11) is 0. The van der Waals surface area contributed by atoms with Gasteiger partial charge in [-0.15, -0.1) is 0 Å². The number of hydrogen-bond acceptors (Lipinski definition) is 8. The van der Waals surface area contributed by atoms with Crippen LogP contribution in [0.15, 0.2) is 69.0 Å². The number of anilines is 2. The number of nitrogen functional groups attached to an aromatic ring is 1. The minimum Gasteiger partial charge on any atom is -0.464 e. The highest BCUT2D eigenvalue weighted by Crippen LogP contribution is 2.37. The summed E-state index contributed by atoms with van der Waals surface area (Å²) in [6, 6.07) is 17.5. The zero-order chi connectivity index (χ0) is 24.9. The second-order valence-electron chi connectivity index (χ2n) is 7.31. The van der Waals surface area contributed by atoms with Crippen LogP contribution in [-0.2, 0) is 4.79 Å². The van der Waals surface area contributed by atoms with Gasteiger partial charge >= 0.3 is 0 Å². The third-order valence-corrected chi connectivity index (χ3v) is 6.44. The van der Waals surface area contributed by atoms with Crippen LogP contribution in [0.2, 0.25) is 0 Å². The Hall–Kier alpha value is -4.74. The first kappa shape index (κ1) is 23.4. The Balaban J connectivity index is 1.63. The molecule has 1 amide bonds. The highest BCUT2D eigenvalue weighted by Gasteiger charge is 2.26. The summed E-state index contributed by atoms with van der Waals surface area (Å²) < 4.78 is 6.73. The molecule has 0 spiro atoms. The van der Waals surface area contributed by atoms with Crippen molar-refractivity contribution in [2.45, 2.75) is 23.6 Å². The van der Waals surface area contributed by atoms with Crippen molar-refractivity contribution >= 4 is 29.3 Å². The molecule has 3 aromatic heterocycles. The normalized spacial score (nSPS) is 11.4. The first-order valence-electron chi connectivity index (χ1n) is 10.5. The number of hydrogen-bond donors (Lipinski definition) is 3. The number of amides is 1. The molecule has 0 aliphatic carbocycles. The van der Waals surface area contributed by atoms with E-state index in [-0.39, 0.29) is 38.9 Å². The van der Waals surface area contributed by atoms with Gasteiger partial charge < -0.3 is 15.5 Å². The average molecular weight is 486 g/mol. The molecule has 0 radical (unpaired) electrons. The van der Waals surface area contributed by atoms with Gasteiger partial charge in [-0.2, -0.15) is 10.5 Å². The summed E-state index contributed by atoms with van der Waals surface area (Å²) >= 11 is 1.04. The van der Waals surface area contributed by atoms with Crippen LogP contribution >= 0.6 is 11.8 Å². The van der Waals surface area contributed by atoms with E-state index in [2.05, 4.69) is 21.5 Å². The second-order valence-corrected chi connectivity index (χ2v) is 8.50. The van der Waals surface area contributed by atoms with Crippen LogP contribution in [0.3, 0.4) is 0 Å². The van der Waals surface area contributed by atoms with Crippen molar-refractivity contribution in [2.75, 3.05) is 11.1 Å². The van der Waals surface area contributed by atoms with Crippen molar-refractivity contribution in [1.82, 2.24) is 14.8 Å². The van der Waals surface area contributed by atoms with Gasteiger partial charge in [0.2, 0.25) is 5.91 Å². The first-order chi connectivity index (χ1) is 17.0. The highest BCUT2D eigenvalue weighted by molar-refractivity contribution is 8.00. The molecule has 0 saturated heterocycles. The second kappa shape index (κ2) is 10.0. The Bertz CT molecular complexity index is 1510. The van der Waals surface area contributed by atoms with E-state index in [1.165, 1.54) is 17.0 Å². The maximum absolute atomic E-state index is 13.1. The molecule has 10 nitrogen and oxygen atoms in total. The summed E-state index contributed by atoms with van der Waals surface area (Å²) in [6.45, 7) is 1.81. The van der Waals surface area contributed by atoms with E-state index in [0.717, 1.165) is 11.8 Å². The zero-order valence-electron chi connectivity index (χ0n) is 18.5. The van der Waals surface area contributed by atoms with Crippen molar-refractivity contribution in [3.8, 4) is 29.1 Å². The number of para-hydroxylation sites is 1. The van der Waals surface area contributed by atoms with Crippen molar-refractivity contribution in [3.05, 3.63) is 76.3 Å². The van der Waals surface area contributed by atoms with Crippen LogP contribution in [-0.4, -0.2) is 25.9 Å². The number of pyridine rings is 1. The Morgan fingerprint density at radius 2 is 1.97 bits per heavy atom. The fourth-order valence-electron chi connectivity index (χ4n) is 3.45. The molecule has 3 heterocycles. The van der Waals surface area contributed by atoms with Gasteiger partial charge in [0.15, 0.2) is 0 Å². The van der Waals surface area contributed by atoms with Gasteiger partial charge in [-0.1, -0.05) is 36.9 Å². The topological polar surface area (TPSA) is 167 Å². The lowest BCUT2D eigenvalue weighted by Crippen LogP contribution is -2.25. The Morgan fingerprint density at radius 3 is 2.60 bits per heavy atom. The fraction of sp³-hybridized carbons (Fsp3) is 0.125. The molecular formula is C24H19N7O3S. The van der Waals surface area contributed by atoms with Crippen LogP contribution in [0.5, 0.6) is 0 Å². The van der Waals surface area contributed by atoms with Gasteiger partial charge in [0, 0.05) is 6.07 Å². The predicted molar refractivity (Wildman–Crippen MR) is 131 cm³/mol. The van der Waals surface area contributed by atoms with E-state index < -0.39 is 11.2 Å². The van der Waals surface area contributed by atoms with Crippen LogP contribution in [0.1, 0.15) is 24.5 Å². The third kappa shape index (κ3) is 4.67. The summed E-state index contributed by atoms with van der Waals surface area (Å²) in [4.78, 5) is 29.6. The molecule has 11 heteroatoms. The lowest BCUT2D eigenvalue weighted by molar-refractivity contribution is -0.115. The number of carbonyl (C=O) groups excluding carboxylic acids is 1. The maximum atomic E-state index is 13.1. The van der Waals surface area contributed by atoms with Crippen LogP contribution in [0, 0.1) is 22.7 Å². The Morgan fingerprint density at radius 1 is 1.23 bits per heavy atom. The number of furan rings is 1. The molecule has 35 heavy (non-hydrogen) atoms. The molecule has 174 valence electrons. The molecule has 1 unspecified atom stereocenters. The van der Waals surface area contributed by atoms with Gasteiger partial charge in [-0.3, -0.25) is 14.7 Å². The lowest BCUT2D eigenvalue weighted by atomic mass is 10.0. The summed E-state index contributed by atoms with van der Waals surface area (Å²) in [6.07, 6.45) is 1.81. The minimum absolute atomic E-state index is 0.0261. The van der Waals surface area contributed by atoms with E-state index in [9.17, 15) is 20.1 Å². The Labute approximate surface area is 204 Å². The van der Waals surface area contributed by atoms with E-state index >= 15 is 0 Å². The van der Waals surface area contributed by atoms with Crippen molar-refractivity contribution in [3.63, 3.8) is 0 Å². The number of aromatic nitrogens is 3. The molecule has 0 aliphatic heterocycles. The van der Waals surface area contributed by atoms with E-state index in [1.54, 1.807) is 36.4 Å². The number of nitriles is 2. The minimum atomic E-state index is -0.671. The molecule has 0 aliphatic rings. The number of carbonyl (C=O) groups is 1. The number of H-pyrrole nitrogens is 1.